The van der Waals surface area contributed by atoms with Crippen molar-refractivity contribution >= 4 is 105 Å². The molecule has 0 saturated carbocycles. The van der Waals surface area contributed by atoms with Gasteiger partial charge in [0.15, 0.2) is 0 Å². The maximum absolute atomic E-state index is 13.0. The van der Waals surface area contributed by atoms with Gasteiger partial charge in [-0.25, -0.2) is 4.99 Å². The molecular formula is C37H30Cl4N2O10S3. The van der Waals surface area contributed by atoms with Crippen LogP contribution in [0.15, 0.2) is 72.6 Å². The monoisotopic (exact) mass is 898 g/mol. The Balaban J connectivity index is 1.72. The van der Waals surface area contributed by atoms with Gasteiger partial charge >= 0.3 is 0 Å². The minimum atomic E-state index is -5.13. The topological polar surface area (TPSA) is 201 Å². The zero-order valence-electron chi connectivity index (χ0n) is 30.0. The van der Waals surface area contributed by atoms with Crippen molar-refractivity contribution in [1.82, 2.24) is 0 Å². The summed E-state index contributed by atoms with van der Waals surface area (Å²) in [4.78, 5) is 3.33. The molecule has 0 bridgehead atoms. The Hall–Kier alpha value is -3.74. The zero-order valence-corrected chi connectivity index (χ0v) is 35.5. The van der Waals surface area contributed by atoms with Crippen LogP contribution < -0.4 is 10.7 Å². The summed E-state index contributed by atoms with van der Waals surface area (Å²) in [5, 5.41) is 2.04. The van der Waals surface area contributed by atoms with Gasteiger partial charge in [0.2, 0.25) is 0 Å². The molecule has 56 heavy (non-hydrogen) atoms. The van der Waals surface area contributed by atoms with E-state index < -0.39 is 45.3 Å². The Kier molecular flexibility index (Phi) is 10.9. The molecule has 4 aromatic carbocycles. The molecule has 0 radical (unpaired) electrons. The number of nitrogens with zero attached hydrogens (tertiary/aromatic N) is 1. The van der Waals surface area contributed by atoms with Gasteiger partial charge in [-0.05, 0) is 99.2 Å². The van der Waals surface area contributed by atoms with Crippen LogP contribution in [0.25, 0.3) is 33.4 Å². The summed E-state index contributed by atoms with van der Waals surface area (Å²) in [5.41, 5.74) is 3.57. The molecule has 6 rings (SSSR count). The summed E-state index contributed by atoms with van der Waals surface area (Å²) in [6.07, 6.45) is 0. The standard InChI is InChI=1S/C37H30Cl4N2O10S3/c1-15-11-17(3)35(54(44,45)46)19(5)33(15)42-21-7-9-23-25(13-21)53-26-14-22(43-34-16(2)12-18(4)36(20(34)6)55(47,48)49)8-10-24(26)27(23)28-29(38)30(39)31(40)32(41)37(28)56(50,51)52/h7-14,42H,1-6H3,(H,44,45,46)(H,47,48,49)(H,50,51,52)/b43-22+. The minimum Gasteiger partial charge on any atom is -0.456 e. The van der Waals surface area contributed by atoms with Crippen LogP contribution in [0.4, 0.5) is 17.1 Å². The highest BCUT2D eigenvalue weighted by Crippen LogP contribution is 2.52. The molecule has 0 saturated heterocycles. The van der Waals surface area contributed by atoms with Crippen molar-refractivity contribution in [1.29, 1.82) is 0 Å². The Bertz CT molecular complexity index is 3090. The number of halogens is 4. The Morgan fingerprint density at radius 2 is 1.14 bits per heavy atom. The van der Waals surface area contributed by atoms with Gasteiger partial charge in [-0.1, -0.05) is 58.5 Å². The first-order valence-electron chi connectivity index (χ1n) is 16.2. The van der Waals surface area contributed by atoms with Crippen LogP contribution in [0, 0.1) is 41.5 Å². The van der Waals surface area contributed by atoms with Gasteiger partial charge in [-0.2, -0.15) is 25.3 Å². The van der Waals surface area contributed by atoms with E-state index in [0.717, 1.165) is 0 Å². The summed E-state index contributed by atoms with van der Waals surface area (Å²) in [5.74, 6) is 0.0965. The van der Waals surface area contributed by atoms with Gasteiger partial charge in [0.05, 0.1) is 31.1 Å². The van der Waals surface area contributed by atoms with Crippen LogP contribution in [-0.2, 0) is 30.4 Å². The van der Waals surface area contributed by atoms with E-state index in [1.807, 2.05) is 0 Å². The highest BCUT2D eigenvalue weighted by molar-refractivity contribution is 7.86. The quantitative estimate of drug-likeness (QED) is 0.0514. The maximum atomic E-state index is 13.0. The molecule has 0 amide bonds. The van der Waals surface area contributed by atoms with Crippen molar-refractivity contribution in [3.63, 3.8) is 0 Å². The van der Waals surface area contributed by atoms with E-state index in [0.29, 0.717) is 33.6 Å². The first kappa shape index (κ1) is 41.9. The minimum absolute atomic E-state index is 0.0965. The molecular weight excluding hydrogens is 870 g/mol. The molecule has 0 spiro atoms. The number of aryl methyl sites for hydroxylation is 4. The second-order valence-corrected chi connectivity index (χ2v) is 18.7. The summed E-state index contributed by atoms with van der Waals surface area (Å²) in [7, 11) is -14.3. The lowest BCUT2D eigenvalue weighted by Gasteiger charge is -2.21. The lowest BCUT2D eigenvalue weighted by molar-refractivity contribution is 0.479. The van der Waals surface area contributed by atoms with E-state index in [-0.39, 0.29) is 75.4 Å². The third kappa shape index (κ3) is 7.41. The van der Waals surface area contributed by atoms with Gasteiger partial charge in [0.1, 0.15) is 26.0 Å². The highest BCUT2D eigenvalue weighted by Gasteiger charge is 2.32. The molecule has 0 aromatic heterocycles. The smallest absolute Gasteiger partial charge is 0.296 e. The first-order valence-corrected chi connectivity index (χ1v) is 22.0. The molecule has 0 unspecified atom stereocenters. The molecule has 0 fully saturated rings. The van der Waals surface area contributed by atoms with Crippen molar-refractivity contribution in [3.8, 4) is 22.5 Å². The molecule has 0 atom stereocenters. The number of anilines is 2. The third-order valence-electron chi connectivity index (χ3n) is 9.23. The van der Waals surface area contributed by atoms with Crippen LogP contribution >= 0.6 is 46.4 Å². The highest BCUT2D eigenvalue weighted by atomic mass is 35.5. The summed E-state index contributed by atoms with van der Waals surface area (Å²) >= 11 is 25.9. The number of hydrogen-bond acceptors (Lipinski definition) is 9. The van der Waals surface area contributed by atoms with Gasteiger partial charge in [0, 0.05) is 45.6 Å². The van der Waals surface area contributed by atoms with Gasteiger partial charge in [-0.15, -0.1) is 0 Å². The zero-order chi connectivity index (χ0) is 41.6. The average Bonchev–Trinajstić information content (AvgIpc) is 3.06. The largest absolute Gasteiger partial charge is 0.456 e. The van der Waals surface area contributed by atoms with Crippen molar-refractivity contribution < 1.29 is 43.3 Å². The summed E-state index contributed by atoms with van der Waals surface area (Å²) < 4.78 is 112. The van der Waals surface area contributed by atoms with Crippen molar-refractivity contribution in [3.05, 3.63) is 107 Å². The van der Waals surface area contributed by atoms with Gasteiger partial charge in [0.25, 0.3) is 30.4 Å². The molecule has 294 valence electrons. The summed E-state index contributed by atoms with van der Waals surface area (Å²) in [6, 6.07) is 12.5. The molecule has 2 aliphatic rings. The SMILES string of the molecule is Cc1cc(C)c(S(=O)(=O)O)c(C)c1/N=c1\ccc2c(-c3c(Cl)c(Cl)c(Cl)c(Cl)c3S(=O)(=O)O)c3ccc(Nc4c(C)cc(C)c(S(=O)(=O)O)c4C)cc3oc-2c1. The van der Waals surface area contributed by atoms with E-state index in [4.69, 9.17) is 55.8 Å². The Morgan fingerprint density at radius 1 is 0.589 bits per heavy atom. The van der Waals surface area contributed by atoms with Crippen LogP contribution in [0.2, 0.25) is 20.1 Å². The number of hydrogen-bond donors (Lipinski definition) is 4. The van der Waals surface area contributed by atoms with Gasteiger partial charge < -0.3 is 9.73 Å². The van der Waals surface area contributed by atoms with Crippen molar-refractivity contribution in [2.45, 2.75) is 56.2 Å². The summed E-state index contributed by atoms with van der Waals surface area (Å²) in [6.45, 7) is 9.63. The lowest BCUT2D eigenvalue weighted by Crippen LogP contribution is -2.08. The number of fused-ring (bicyclic) bond motifs is 2. The fourth-order valence-electron chi connectivity index (χ4n) is 7.13. The maximum Gasteiger partial charge on any atom is 0.296 e. The predicted molar refractivity (Wildman–Crippen MR) is 218 cm³/mol. The molecule has 4 aromatic rings. The molecule has 1 heterocycles. The van der Waals surface area contributed by atoms with Crippen LogP contribution in [0.3, 0.4) is 0 Å². The number of benzene rings is 5. The fourth-order valence-corrected chi connectivity index (χ4v) is 11.2. The predicted octanol–water partition coefficient (Wildman–Crippen LogP) is 10.4. The molecule has 1 aliphatic carbocycles. The molecule has 12 nitrogen and oxygen atoms in total. The third-order valence-corrected chi connectivity index (χ3v) is 14.4. The Morgan fingerprint density at radius 3 is 1.73 bits per heavy atom. The van der Waals surface area contributed by atoms with Crippen molar-refractivity contribution in [2.24, 2.45) is 4.99 Å². The Labute approximate surface area is 342 Å². The van der Waals surface area contributed by atoms with E-state index >= 15 is 0 Å². The van der Waals surface area contributed by atoms with Crippen LogP contribution in [-0.4, -0.2) is 38.9 Å². The van der Waals surface area contributed by atoms with Gasteiger partial charge in [-0.3, -0.25) is 13.7 Å². The molecule has 1 aliphatic heterocycles. The normalized spacial score (nSPS) is 12.9. The van der Waals surface area contributed by atoms with Crippen molar-refractivity contribution in [2.75, 3.05) is 5.32 Å². The van der Waals surface area contributed by atoms with Crippen LogP contribution in [0.1, 0.15) is 33.4 Å². The lowest BCUT2D eigenvalue weighted by atomic mass is 9.93. The average molecular weight is 901 g/mol. The number of rotatable bonds is 7. The number of nitrogens with one attached hydrogen (secondary N) is 1. The second-order valence-electron chi connectivity index (χ2n) is 13.1. The molecule has 19 heteroatoms. The second kappa shape index (κ2) is 14.6. The fraction of sp³-hybridized carbons (Fsp3) is 0.162. The van der Waals surface area contributed by atoms with E-state index in [1.54, 1.807) is 64.1 Å². The van der Waals surface area contributed by atoms with E-state index in [1.165, 1.54) is 26.0 Å². The van der Waals surface area contributed by atoms with E-state index in [9.17, 15) is 38.9 Å². The molecule has 4 N–H and O–H groups in total. The van der Waals surface area contributed by atoms with Crippen LogP contribution in [0.5, 0.6) is 0 Å². The van der Waals surface area contributed by atoms with E-state index in [2.05, 4.69) is 5.32 Å². The first-order chi connectivity index (χ1) is 25.8.